The van der Waals surface area contributed by atoms with E-state index in [9.17, 15) is 4.79 Å². The van der Waals surface area contributed by atoms with Crippen LogP contribution in [0.4, 0.5) is 0 Å². The number of hydrogen-bond donors (Lipinski definition) is 0. The van der Waals surface area contributed by atoms with Gasteiger partial charge in [0, 0.05) is 21.8 Å². The Morgan fingerprint density at radius 3 is 2.94 bits per heavy atom. The van der Waals surface area contributed by atoms with E-state index in [1.54, 1.807) is 17.5 Å². The van der Waals surface area contributed by atoms with Gasteiger partial charge in [-0.2, -0.15) is 0 Å². The van der Waals surface area contributed by atoms with E-state index < -0.39 is 0 Å². The van der Waals surface area contributed by atoms with Crippen LogP contribution in [0.3, 0.4) is 0 Å². The van der Waals surface area contributed by atoms with Gasteiger partial charge < -0.3 is 0 Å². The van der Waals surface area contributed by atoms with Gasteiger partial charge in [-0.15, -0.1) is 22.7 Å². The maximum atomic E-state index is 12.0. The molecule has 0 aliphatic carbocycles. The van der Waals surface area contributed by atoms with Gasteiger partial charge in [0.15, 0.2) is 0 Å². The Balaban J connectivity index is 2.05. The van der Waals surface area contributed by atoms with Crippen molar-refractivity contribution in [2.24, 2.45) is 0 Å². The van der Waals surface area contributed by atoms with Crippen LogP contribution in [-0.2, 0) is 0 Å². The standard InChI is InChI=1S/C11H6N2OS2/c14-11(7-6-12-2-3-13-7)10-5-9-8(16-10)1-4-15-9/h1-6H. The number of carbonyl (C=O) groups is 1. The molecule has 3 heterocycles. The fourth-order valence-electron chi connectivity index (χ4n) is 1.42. The topological polar surface area (TPSA) is 42.9 Å². The molecular formula is C11H6N2OS2. The molecule has 3 aromatic rings. The molecule has 16 heavy (non-hydrogen) atoms. The van der Waals surface area contributed by atoms with E-state index in [0.29, 0.717) is 5.69 Å². The van der Waals surface area contributed by atoms with Gasteiger partial charge in [-0.25, -0.2) is 4.98 Å². The second-order valence-electron chi connectivity index (χ2n) is 3.18. The van der Waals surface area contributed by atoms with Crippen LogP contribution in [-0.4, -0.2) is 15.8 Å². The van der Waals surface area contributed by atoms with E-state index in [4.69, 9.17) is 0 Å². The molecule has 0 aromatic carbocycles. The highest BCUT2D eigenvalue weighted by molar-refractivity contribution is 7.28. The molecule has 3 nitrogen and oxygen atoms in total. The third-order valence-electron chi connectivity index (χ3n) is 2.16. The van der Waals surface area contributed by atoms with Gasteiger partial charge in [0.2, 0.25) is 5.78 Å². The van der Waals surface area contributed by atoms with Crippen LogP contribution in [0.1, 0.15) is 15.4 Å². The average molecular weight is 246 g/mol. The number of thiophene rings is 2. The zero-order valence-electron chi connectivity index (χ0n) is 8.08. The molecule has 0 unspecified atom stereocenters. The Morgan fingerprint density at radius 2 is 2.19 bits per heavy atom. The molecule has 0 spiro atoms. The highest BCUT2D eigenvalue weighted by Gasteiger charge is 2.14. The van der Waals surface area contributed by atoms with Gasteiger partial charge in [0.05, 0.1) is 11.1 Å². The van der Waals surface area contributed by atoms with Crippen LogP contribution in [0.5, 0.6) is 0 Å². The molecule has 0 saturated heterocycles. The summed E-state index contributed by atoms with van der Waals surface area (Å²) in [5.74, 6) is -0.0542. The SMILES string of the molecule is O=C(c1cnccn1)c1cc2sccc2s1. The smallest absolute Gasteiger partial charge is 0.222 e. The summed E-state index contributed by atoms with van der Waals surface area (Å²) in [6.07, 6.45) is 4.59. The lowest BCUT2D eigenvalue weighted by Gasteiger charge is -1.94. The Labute approximate surface area is 99.4 Å². The molecule has 0 fully saturated rings. The minimum absolute atomic E-state index is 0.0542. The van der Waals surface area contributed by atoms with Crippen molar-refractivity contribution in [1.29, 1.82) is 0 Å². The molecule has 3 aromatic heterocycles. The first-order chi connectivity index (χ1) is 7.84. The van der Waals surface area contributed by atoms with E-state index in [0.717, 1.165) is 14.3 Å². The summed E-state index contributed by atoms with van der Waals surface area (Å²) in [4.78, 5) is 20.7. The molecular weight excluding hydrogens is 240 g/mol. The van der Waals surface area contributed by atoms with Crippen molar-refractivity contribution in [3.05, 3.63) is 46.7 Å². The van der Waals surface area contributed by atoms with E-state index in [-0.39, 0.29) is 5.78 Å². The molecule has 0 saturated carbocycles. The van der Waals surface area contributed by atoms with Gasteiger partial charge in [0.25, 0.3) is 0 Å². The third kappa shape index (κ3) is 1.54. The van der Waals surface area contributed by atoms with Gasteiger partial charge in [0.1, 0.15) is 5.69 Å². The summed E-state index contributed by atoms with van der Waals surface area (Å²) < 4.78 is 2.30. The zero-order chi connectivity index (χ0) is 11.0. The summed E-state index contributed by atoms with van der Waals surface area (Å²) in [6, 6.07) is 3.94. The maximum Gasteiger partial charge on any atom is 0.222 e. The molecule has 0 N–H and O–H groups in total. The molecule has 0 aliphatic heterocycles. The lowest BCUT2D eigenvalue weighted by molar-refractivity contribution is 0.103. The molecule has 0 aliphatic rings. The van der Waals surface area contributed by atoms with Crippen LogP contribution >= 0.6 is 22.7 Å². The lowest BCUT2D eigenvalue weighted by atomic mass is 10.2. The van der Waals surface area contributed by atoms with Gasteiger partial charge in [-0.1, -0.05) is 0 Å². The van der Waals surface area contributed by atoms with Crippen molar-refractivity contribution in [3.63, 3.8) is 0 Å². The normalized spacial score (nSPS) is 10.8. The minimum atomic E-state index is -0.0542. The van der Waals surface area contributed by atoms with Crippen molar-refractivity contribution < 1.29 is 4.79 Å². The van der Waals surface area contributed by atoms with Crippen LogP contribution in [0.2, 0.25) is 0 Å². The first-order valence-corrected chi connectivity index (χ1v) is 6.32. The van der Waals surface area contributed by atoms with Crippen molar-refractivity contribution in [1.82, 2.24) is 9.97 Å². The highest BCUT2D eigenvalue weighted by atomic mass is 32.1. The van der Waals surface area contributed by atoms with Crippen LogP contribution in [0.25, 0.3) is 9.40 Å². The first-order valence-electron chi connectivity index (χ1n) is 4.62. The van der Waals surface area contributed by atoms with Crippen molar-refractivity contribution in [3.8, 4) is 0 Å². The Bertz CT molecular complexity index is 614. The summed E-state index contributed by atoms with van der Waals surface area (Å²) in [7, 11) is 0. The Morgan fingerprint density at radius 1 is 1.25 bits per heavy atom. The number of nitrogens with zero attached hydrogens (tertiary/aromatic N) is 2. The second kappa shape index (κ2) is 3.77. The fourth-order valence-corrected chi connectivity index (χ4v) is 3.48. The number of fused-ring (bicyclic) bond motifs is 1. The molecule has 0 radical (unpaired) electrons. The summed E-state index contributed by atoms with van der Waals surface area (Å²) in [5.41, 5.74) is 0.399. The van der Waals surface area contributed by atoms with Crippen molar-refractivity contribution >= 4 is 37.9 Å². The minimum Gasteiger partial charge on any atom is -0.286 e. The zero-order valence-corrected chi connectivity index (χ0v) is 9.72. The second-order valence-corrected chi connectivity index (χ2v) is 5.21. The molecule has 0 amide bonds. The molecule has 0 atom stereocenters. The summed E-state index contributed by atoms with van der Waals surface area (Å²) in [5, 5.41) is 2.03. The van der Waals surface area contributed by atoms with Crippen molar-refractivity contribution in [2.45, 2.75) is 0 Å². The Kier molecular flexibility index (Phi) is 2.27. The number of ketones is 1. The summed E-state index contributed by atoms with van der Waals surface area (Å²) >= 11 is 3.14. The average Bonchev–Trinajstić information content (AvgIpc) is 2.89. The predicted molar refractivity (Wildman–Crippen MR) is 65.2 cm³/mol. The van der Waals surface area contributed by atoms with Gasteiger partial charge >= 0.3 is 0 Å². The van der Waals surface area contributed by atoms with Gasteiger partial charge in [-0.3, -0.25) is 9.78 Å². The van der Waals surface area contributed by atoms with Crippen molar-refractivity contribution in [2.75, 3.05) is 0 Å². The predicted octanol–water partition coefficient (Wildman–Crippen LogP) is 2.98. The quantitative estimate of drug-likeness (QED) is 0.653. The summed E-state index contributed by atoms with van der Waals surface area (Å²) in [6.45, 7) is 0. The molecule has 3 rings (SSSR count). The number of carbonyl (C=O) groups excluding carboxylic acids is 1. The molecule has 5 heteroatoms. The van der Waals surface area contributed by atoms with Crippen LogP contribution < -0.4 is 0 Å². The van der Waals surface area contributed by atoms with E-state index in [1.165, 1.54) is 23.7 Å². The highest BCUT2D eigenvalue weighted by Crippen LogP contribution is 2.30. The number of rotatable bonds is 2. The molecule has 78 valence electrons. The first kappa shape index (κ1) is 9.62. The molecule has 0 bridgehead atoms. The maximum absolute atomic E-state index is 12.0. The third-order valence-corrected chi connectivity index (χ3v) is 4.25. The monoisotopic (exact) mass is 246 g/mol. The van der Waals surface area contributed by atoms with Crippen LogP contribution in [0, 0.1) is 0 Å². The van der Waals surface area contributed by atoms with E-state index in [2.05, 4.69) is 9.97 Å². The largest absolute Gasteiger partial charge is 0.286 e. The fraction of sp³-hybridized carbons (Fsp3) is 0. The van der Waals surface area contributed by atoms with E-state index >= 15 is 0 Å². The van der Waals surface area contributed by atoms with Crippen LogP contribution in [0.15, 0.2) is 36.1 Å². The lowest BCUT2D eigenvalue weighted by Crippen LogP contribution is -2.01. The number of aromatic nitrogens is 2. The van der Waals surface area contributed by atoms with E-state index in [1.807, 2.05) is 17.5 Å². The number of hydrogen-bond acceptors (Lipinski definition) is 5. The Hall–Kier alpha value is -1.59. The van der Waals surface area contributed by atoms with Gasteiger partial charge in [-0.05, 0) is 17.5 Å².